The van der Waals surface area contributed by atoms with Gasteiger partial charge in [0.1, 0.15) is 0 Å². The quantitative estimate of drug-likeness (QED) is 0.882. The van der Waals surface area contributed by atoms with E-state index in [1.807, 2.05) is 29.2 Å². The van der Waals surface area contributed by atoms with Gasteiger partial charge in [0, 0.05) is 30.9 Å². The predicted molar refractivity (Wildman–Crippen MR) is 88.8 cm³/mol. The van der Waals surface area contributed by atoms with Crippen LogP contribution >= 0.6 is 0 Å². The highest BCUT2D eigenvalue weighted by Crippen LogP contribution is 2.38. The zero-order chi connectivity index (χ0) is 15.3. The minimum atomic E-state index is 0.179. The van der Waals surface area contributed by atoms with Crippen molar-refractivity contribution < 1.29 is 4.79 Å². The number of amides is 1. The van der Waals surface area contributed by atoms with Crippen LogP contribution in [0.1, 0.15) is 56.8 Å². The summed E-state index contributed by atoms with van der Waals surface area (Å²) in [7, 11) is 0. The summed E-state index contributed by atoms with van der Waals surface area (Å²) in [6.45, 7) is 9.32. The lowest BCUT2D eigenvalue weighted by atomic mass is 9.74. The molecule has 1 saturated heterocycles. The Balaban J connectivity index is 1.98. The van der Waals surface area contributed by atoms with Crippen molar-refractivity contribution in [2.75, 3.05) is 25.0 Å². The topological polar surface area (TPSA) is 32.3 Å². The molecule has 116 valence electrons. The number of nitrogens with one attached hydrogen (secondary N) is 1. The molecule has 1 aliphatic heterocycles. The first-order chi connectivity index (χ1) is 10.1. The molecular weight excluding hydrogens is 260 g/mol. The van der Waals surface area contributed by atoms with Crippen molar-refractivity contribution in [3.63, 3.8) is 0 Å². The summed E-state index contributed by atoms with van der Waals surface area (Å²) in [6.07, 6.45) is 4.73. The third kappa shape index (κ3) is 3.58. The fraction of sp³-hybridized carbons (Fsp3) is 0.611. The van der Waals surface area contributed by atoms with E-state index in [0.717, 1.165) is 43.7 Å². The number of hydrogen-bond acceptors (Lipinski definition) is 2. The van der Waals surface area contributed by atoms with Gasteiger partial charge in [0.2, 0.25) is 0 Å². The van der Waals surface area contributed by atoms with E-state index in [1.165, 1.54) is 12.8 Å². The summed E-state index contributed by atoms with van der Waals surface area (Å²) in [6, 6.07) is 7.84. The van der Waals surface area contributed by atoms with E-state index < -0.39 is 0 Å². The standard InChI is InChI=1S/C18H28N2O/c1-4-18(5-2)11-13-20(14-12-18)17(21)15-7-9-16(10-8-15)19-6-3/h7-10,19H,4-6,11-14H2,1-3H3. The minimum Gasteiger partial charge on any atom is -0.385 e. The van der Waals surface area contributed by atoms with Crippen molar-refractivity contribution in [3.8, 4) is 0 Å². The average molecular weight is 288 g/mol. The van der Waals surface area contributed by atoms with Crippen molar-refractivity contribution in [1.29, 1.82) is 0 Å². The van der Waals surface area contributed by atoms with E-state index in [0.29, 0.717) is 5.41 Å². The number of rotatable bonds is 5. The van der Waals surface area contributed by atoms with Crippen LogP contribution in [-0.2, 0) is 0 Å². The number of nitrogens with zero attached hydrogens (tertiary/aromatic N) is 1. The van der Waals surface area contributed by atoms with Crippen molar-refractivity contribution in [2.24, 2.45) is 5.41 Å². The number of carbonyl (C=O) groups is 1. The third-order valence-corrected chi connectivity index (χ3v) is 5.12. The molecule has 1 amide bonds. The van der Waals surface area contributed by atoms with Crippen molar-refractivity contribution in [3.05, 3.63) is 29.8 Å². The summed E-state index contributed by atoms with van der Waals surface area (Å²) in [5, 5.41) is 3.25. The molecule has 1 N–H and O–H groups in total. The molecule has 0 bridgehead atoms. The molecule has 0 aliphatic carbocycles. The first kappa shape index (κ1) is 15.9. The Labute approximate surface area is 128 Å². The van der Waals surface area contributed by atoms with Crippen LogP contribution in [0.15, 0.2) is 24.3 Å². The maximum absolute atomic E-state index is 12.6. The van der Waals surface area contributed by atoms with Crippen molar-refractivity contribution >= 4 is 11.6 Å². The second kappa shape index (κ2) is 6.97. The van der Waals surface area contributed by atoms with Gasteiger partial charge in [-0.25, -0.2) is 0 Å². The Kier molecular flexibility index (Phi) is 5.27. The van der Waals surface area contributed by atoms with Crippen LogP contribution in [-0.4, -0.2) is 30.4 Å². The Morgan fingerprint density at radius 2 is 1.67 bits per heavy atom. The molecule has 0 spiro atoms. The number of piperidine rings is 1. The lowest BCUT2D eigenvalue weighted by Gasteiger charge is -2.41. The second-order valence-electron chi connectivity index (χ2n) is 6.11. The van der Waals surface area contributed by atoms with E-state index in [-0.39, 0.29) is 5.91 Å². The number of anilines is 1. The Morgan fingerprint density at radius 1 is 1.10 bits per heavy atom. The summed E-state index contributed by atoms with van der Waals surface area (Å²) in [5.41, 5.74) is 2.34. The van der Waals surface area contributed by atoms with E-state index >= 15 is 0 Å². The molecule has 1 aromatic carbocycles. The van der Waals surface area contributed by atoms with Gasteiger partial charge < -0.3 is 10.2 Å². The summed E-state index contributed by atoms with van der Waals surface area (Å²) < 4.78 is 0. The third-order valence-electron chi connectivity index (χ3n) is 5.12. The molecule has 1 aromatic rings. The monoisotopic (exact) mass is 288 g/mol. The molecular formula is C18H28N2O. The van der Waals surface area contributed by atoms with Gasteiger partial charge in [-0.2, -0.15) is 0 Å². The zero-order valence-electron chi connectivity index (χ0n) is 13.6. The molecule has 3 heteroatoms. The van der Waals surface area contributed by atoms with E-state index in [4.69, 9.17) is 0 Å². The molecule has 3 nitrogen and oxygen atoms in total. The highest BCUT2D eigenvalue weighted by atomic mass is 16.2. The summed E-state index contributed by atoms with van der Waals surface area (Å²) in [5.74, 6) is 0.179. The molecule has 21 heavy (non-hydrogen) atoms. The summed E-state index contributed by atoms with van der Waals surface area (Å²) in [4.78, 5) is 14.6. The fourth-order valence-corrected chi connectivity index (χ4v) is 3.26. The van der Waals surface area contributed by atoms with Crippen LogP contribution in [0.5, 0.6) is 0 Å². The molecule has 1 aliphatic rings. The Morgan fingerprint density at radius 3 is 2.14 bits per heavy atom. The molecule has 0 unspecified atom stereocenters. The molecule has 0 atom stereocenters. The van der Waals surface area contributed by atoms with Crippen molar-refractivity contribution in [1.82, 2.24) is 4.90 Å². The van der Waals surface area contributed by atoms with Gasteiger partial charge in [0.25, 0.3) is 5.91 Å². The molecule has 0 radical (unpaired) electrons. The number of likely N-dealkylation sites (tertiary alicyclic amines) is 1. The van der Waals surface area contributed by atoms with Gasteiger partial charge in [0.05, 0.1) is 0 Å². The second-order valence-corrected chi connectivity index (χ2v) is 6.11. The average Bonchev–Trinajstić information content (AvgIpc) is 2.55. The van der Waals surface area contributed by atoms with Gasteiger partial charge in [-0.3, -0.25) is 4.79 Å². The van der Waals surface area contributed by atoms with Gasteiger partial charge in [-0.15, -0.1) is 0 Å². The maximum atomic E-state index is 12.6. The molecule has 2 rings (SSSR count). The van der Waals surface area contributed by atoms with Gasteiger partial charge in [0.15, 0.2) is 0 Å². The van der Waals surface area contributed by atoms with Crippen molar-refractivity contribution in [2.45, 2.75) is 46.5 Å². The van der Waals surface area contributed by atoms with E-state index in [2.05, 4.69) is 26.1 Å². The first-order valence-electron chi connectivity index (χ1n) is 8.27. The lowest BCUT2D eigenvalue weighted by Crippen LogP contribution is -2.42. The van der Waals surface area contributed by atoms with Crippen LogP contribution in [0.3, 0.4) is 0 Å². The maximum Gasteiger partial charge on any atom is 0.253 e. The van der Waals surface area contributed by atoms with Gasteiger partial charge >= 0.3 is 0 Å². The minimum absolute atomic E-state index is 0.179. The largest absolute Gasteiger partial charge is 0.385 e. The van der Waals surface area contributed by atoms with Gasteiger partial charge in [-0.05, 0) is 49.4 Å². The molecule has 0 aromatic heterocycles. The number of carbonyl (C=O) groups excluding carboxylic acids is 1. The SMILES string of the molecule is CCNc1ccc(C(=O)N2CCC(CC)(CC)CC2)cc1. The Bertz CT molecular complexity index is 453. The van der Waals surface area contributed by atoms with Crippen LogP contribution in [0, 0.1) is 5.41 Å². The highest BCUT2D eigenvalue weighted by molar-refractivity contribution is 5.94. The summed E-state index contributed by atoms with van der Waals surface area (Å²) >= 11 is 0. The van der Waals surface area contributed by atoms with Crippen LogP contribution < -0.4 is 5.32 Å². The van der Waals surface area contributed by atoms with Crippen LogP contribution in [0.25, 0.3) is 0 Å². The zero-order valence-corrected chi connectivity index (χ0v) is 13.6. The van der Waals surface area contributed by atoms with Crippen LogP contribution in [0.2, 0.25) is 0 Å². The smallest absolute Gasteiger partial charge is 0.253 e. The number of benzene rings is 1. The van der Waals surface area contributed by atoms with E-state index in [9.17, 15) is 4.79 Å². The van der Waals surface area contributed by atoms with E-state index in [1.54, 1.807) is 0 Å². The fourth-order valence-electron chi connectivity index (χ4n) is 3.26. The highest BCUT2D eigenvalue weighted by Gasteiger charge is 2.32. The molecule has 1 heterocycles. The first-order valence-corrected chi connectivity index (χ1v) is 8.27. The normalized spacial score (nSPS) is 17.6. The lowest BCUT2D eigenvalue weighted by molar-refractivity contribution is 0.0558. The Hall–Kier alpha value is -1.51. The number of hydrogen-bond donors (Lipinski definition) is 1. The predicted octanol–water partition coefficient (Wildman–Crippen LogP) is 4.16. The van der Waals surface area contributed by atoms with Gasteiger partial charge in [-0.1, -0.05) is 26.7 Å². The molecule has 0 saturated carbocycles. The molecule has 1 fully saturated rings. The van der Waals surface area contributed by atoms with Crippen LogP contribution in [0.4, 0.5) is 5.69 Å².